The lowest BCUT2D eigenvalue weighted by Gasteiger charge is -2.24. The Kier molecular flexibility index (Phi) is 7.08. The summed E-state index contributed by atoms with van der Waals surface area (Å²) in [4.78, 5) is 13.7. The van der Waals surface area contributed by atoms with Gasteiger partial charge in [-0.1, -0.05) is 19.1 Å². The van der Waals surface area contributed by atoms with E-state index >= 15 is 0 Å². The van der Waals surface area contributed by atoms with Crippen LogP contribution in [0.1, 0.15) is 25.8 Å². The number of rotatable bonds is 8. The molecule has 0 aromatic heterocycles. The molecule has 1 rings (SSSR count). The highest BCUT2D eigenvalue weighted by Gasteiger charge is 2.17. The number of hydrogen-bond acceptors (Lipinski definition) is 3. The van der Waals surface area contributed by atoms with Crippen LogP contribution in [0.2, 0.25) is 0 Å². The highest BCUT2D eigenvalue weighted by Crippen LogP contribution is 2.16. The molecule has 1 atom stereocenters. The molecule has 118 valence electrons. The maximum atomic E-state index is 12.1. The summed E-state index contributed by atoms with van der Waals surface area (Å²) in [5.41, 5.74) is 0.925. The summed E-state index contributed by atoms with van der Waals surface area (Å²) in [6.45, 7) is 2.23. The first-order valence-electron chi connectivity index (χ1n) is 6.95. The number of hydrogen-bond donors (Lipinski definition) is 1. The Labute approximate surface area is 124 Å². The van der Waals surface area contributed by atoms with Gasteiger partial charge in [-0.15, -0.1) is 0 Å². The summed E-state index contributed by atoms with van der Waals surface area (Å²) in [5, 5.41) is 2.85. The second kappa shape index (κ2) is 8.56. The molecule has 0 saturated heterocycles. The van der Waals surface area contributed by atoms with Crippen molar-refractivity contribution in [2.75, 3.05) is 13.6 Å². The zero-order valence-electron chi connectivity index (χ0n) is 12.6. The van der Waals surface area contributed by atoms with E-state index in [1.165, 1.54) is 12.1 Å². The van der Waals surface area contributed by atoms with Crippen molar-refractivity contribution in [1.29, 1.82) is 0 Å². The van der Waals surface area contributed by atoms with Gasteiger partial charge in [0, 0.05) is 13.1 Å². The van der Waals surface area contributed by atoms with Gasteiger partial charge in [0.1, 0.15) is 5.75 Å². The minimum atomic E-state index is -2.82. The lowest BCUT2D eigenvalue weighted by Crippen LogP contribution is -2.43. The van der Waals surface area contributed by atoms with Crippen LogP contribution in [0.15, 0.2) is 24.3 Å². The summed E-state index contributed by atoms with van der Waals surface area (Å²) >= 11 is 0. The van der Waals surface area contributed by atoms with Gasteiger partial charge >= 0.3 is 6.61 Å². The average Bonchev–Trinajstić information content (AvgIpc) is 2.45. The number of nitrogens with zero attached hydrogens (tertiary/aromatic N) is 1. The molecule has 0 aliphatic heterocycles. The summed E-state index contributed by atoms with van der Waals surface area (Å²) in [5.74, 6) is 0.113. The molecule has 0 radical (unpaired) electrons. The number of ether oxygens (including phenoxy) is 1. The number of halogens is 2. The number of nitrogens with one attached hydrogen (secondary N) is 1. The van der Waals surface area contributed by atoms with Gasteiger partial charge in [-0.3, -0.25) is 9.69 Å². The topological polar surface area (TPSA) is 41.6 Å². The zero-order chi connectivity index (χ0) is 15.8. The Morgan fingerprint density at radius 2 is 1.95 bits per heavy atom. The molecule has 1 N–H and O–H groups in total. The van der Waals surface area contributed by atoms with Crippen LogP contribution in [0.5, 0.6) is 5.75 Å². The fourth-order valence-corrected chi connectivity index (χ4v) is 1.80. The normalized spacial score (nSPS) is 12.5. The van der Waals surface area contributed by atoms with Crippen LogP contribution in [-0.2, 0) is 11.3 Å². The van der Waals surface area contributed by atoms with Gasteiger partial charge in [0.15, 0.2) is 0 Å². The van der Waals surface area contributed by atoms with E-state index in [9.17, 15) is 13.6 Å². The lowest BCUT2D eigenvalue weighted by molar-refractivity contribution is -0.125. The van der Waals surface area contributed by atoms with Crippen molar-refractivity contribution in [2.45, 2.75) is 39.5 Å². The number of alkyl halides is 2. The van der Waals surface area contributed by atoms with Crippen LogP contribution in [0.25, 0.3) is 0 Å². The van der Waals surface area contributed by atoms with E-state index in [0.717, 1.165) is 12.0 Å². The maximum Gasteiger partial charge on any atom is 0.387 e. The SMILES string of the molecule is CCCNC(=O)C(C)N(C)Cc1ccc(OC(F)F)cc1. The molecule has 0 aliphatic carbocycles. The maximum absolute atomic E-state index is 12.1. The molecule has 0 spiro atoms. The number of likely N-dealkylation sites (N-methyl/N-ethyl adjacent to an activating group) is 1. The van der Waals surface area contributed by atoms with Crippen molar-refractivity contribution >= 4 is 5.91 Å². The second-order valence-electron chi connectivity index (χ2n) is 4.90. The highest BCUT2D eigenvalue weighted by molar-refractivity contribution is 5.81. The first-order valence-corrected chi connectivity index (χ1v) is 6.95. The van der Waals surface area contributed by atoms with E-state index in [2.05, 4.69) is 10.1 Å². The van der Waals surface area contributed by atoms with Crippen LogP contribution in [0.3, 0.4) is 0 Å². The predicted octanol–water partition coefficient (Wildman–Crippen LogP) is 2.63. The molecule has 1 aromatic carbocycles. The van der Waals surface area contributed by atoms with Crippen molar-refractivity contribution in [1.82, 2.24) is 10.2 Å². The number of carbonyl (C=O) groups excluding carboxylic acids is 1. The van der Waals surface area contributed by atoms with Crippen molar-refractivity contribution in [3.05, 3.63) is 29.8 Å². The number of carbonyl (C=O) groups is 1. The van der Waals surface area contributed by atoms with Gasteiger partial charge in [-0.2, -0.15) is 8.78 Å². The van der Waals surface area contributed by atoms with Gasteiger partial charge in [-0.05, 0) is 38.1 Å². The van der Waals surface area contributed by atoms with Crippen molar-refractivity contribution < 1.29 is 18.3 Å². The average molecular weight is 300 g/mol. The largest absolute Gasteiger partial charge is 0.435 e. The third-order valence-electron chi connectivity index (χ3n) is 3.17. The zero-order valence-corrected chi connectivity index (χ0v) is 12.6. The fraction of sp³-hybridized carbons (Fsp3) is 0.533. The van der Waals surface area contributed by atoms with Gasteiger partial charge in [0.05, 0.1) is 6.04 Å². The molecule has 0 aliphatic rings. The van der Waals surface area contributed by atoms with E-state index in [-0.39, 0.29) is 17.7 Å². The third kappa shape index (κ3) is 6.08. The minimum Gasteiger partial charge on any atom is -0.435 e. The van der Waals surface area contributed by atoms with Gasteiger partial charge in [-0.25, -0.2) is 0 Å². The van der Waals surface area contributed by atoms with E-state index in [4.69, 9.17) is 0 Å². The first kappa shape index (κ1) is 17.4. The summed E-state index contributed by atoms with van der Waals surface area (Å²) < 4.78 is 28.4. The molecule has 0 saturated carbocycles. The second-order valence-corrected chi connectivity index (χ2v) is 4.90. The highest BCUT2D eigenvalue weighted by atomic mass is 19.3. The van der Waals surface area contributed by atoms with Crippen LogP contribution < -0.4 is 10.1 Å². The quantitative estimate of drug-likeness (QED) is 0.802. The fourth-order valence-electron chi connectivity index (χ4n) is 1.80. The monoisotopic (exact) mass is 300 g/mol. The molecule has 1 amide bonds. The van der Waals surface area contributed by atoms with E-state index < -0.39 is 6.61 Å². The third-order valence-corrected chi connectivity index (χ3v) is 3.17. The summed E-state index contributed by atoms with van der Waals surface area (Å²) in [6, 6.07) is 6.16. The first-order chi connectivity index (χ1) is 9.93. The molecular weight excluding hydrogens is 278 g/mol. The van der Waals surface area contributed by atoms with Crippen LogP contribution >= 0.6 is 0 Å². The molecule has 0 bridgehead atoms. The molecule has 21 heavy (non-hydrogen) atoms. The molecule has 6 heteroatoms. The molecule has 4 nitrogen and oxygen atoms in total. The predicted molar refractivity (Wildman–Crippen MR) is 77.3 cm³/mol. The molecule has 1 unspecified atom stereocenters. The molecule has 0 fully saturated rings. The smallest absolute Gasteiger partial charge is 0.387 e. The van der Waals surface area contributed by atoms with Gasteiger partial charge in [0.25, 0.3) is 0 Å². The molecule has 1 aromatic rings. The van der Waals surface area contributed by atoms with E-state index in [1.807, 2.05) is 25.8 Å². The standard InChI is InChI=1S/C15H22F2N2O2/c1-4-9-18-14(20)11(2)19(3)10-12-5-7-13(8-6-12)21-15(16)17/h5-8,11,15H,4,9-10H2,1-3H3,(H,18,20). The van der Waals surface area contributed by atoms with Crippen LogP contribution in [-0.4, -0.2) is 37.1 Å². The van der Waals surface area contributed by atoms with Gasteiger partial charge in [0.2, 0.25) is 5.91 Å². The molecular formula is C15H22F2N2O2. The van der Waals surface area contributed by atoms with Crippen molar-refractivity contribution in [2.24, 2.45) is 0 Å². The lowest BCUT2D eigenvalue weighted by atomic mass is 10.2. The Bertz CT molecular complexity index is 438. The Hall–Kier alpha value is -1.69. The van der Waals surface area contributed by atoms with Crippen molar-refractivity contribution in [3.8, 4) is 5.75 Å². The summed E-state index contributed by atoms with van der Waals surface area (Å²) in [6.07, 6.45) is 0.897. The van der Waals surface area contributed by atoms with Crippen molar-refractivity contribution in [3.63, 3.8) is 0 Å². The Balaban J connectivity index is 2.53. The Morgan fingerprint density at radius 3 is 2.48 bits per heavy atom. The van der Waals surface area contributed by atoms with E-state index in [0.29, 0.717) is 13.1 Å². The van der Waals surface area contributed by atoms with Gasteiger partial charge < -0.3 is 10.1 Å². The number of amides is 1. The Morgan fingerprint density at radius 1 is 1.33 bits per heavy atom. The van der Waals surface area contributed by atoms with Crippen LogP contribution in [0.4, 0.5) is 8.78 Å². The summed E-state index contributed by atoms with van der Waals surface area (Å²) in [7, 11) is 1.85. The van der Waals surface area contributed by atoms with Crippen LogP contribution in [0, 0.1) is 0 Å². The van der Waals surface area contributed by atoms with E-state index in [1.54, 1.807) is 12.1 Å². The minimum absolute atomic E-state index is 0.0167. The number of benzene rings is 1. The molecule has 0 heterocycles.